The normalized spacial score (nSPS) is 20.9. The number of ether oxygens (including phenoxy) is 1. The number of hydrogen-bond acceptors (Lipinski definition) is 5. The number of halogens is 2. The van der Waals surface area contributed by atoms with Crippen LogP contribution >= 0.6 is 0 Å². The number of fused-ring (bicyclic) bond motifs is 1. The van der Waals surface area contributed by atoms with Gasteiger partial charge < -0.3 is 9.64 Å². The Morgan fingerprint density at radius 3 is 2.58 bits per heavy atom. The van der Waals surface area contributed by atoms with E-state index in [1.54, 1.807) is 28.8 Å². The summed E-state index contributed by atoms with van der Waals surface area (Å²) in [6.07, 6.45) is -1.51. The molecule has 0 unspecified atom stereocenters. The molecular formula is C16H15F2N5O. The Hall–Kier alpha value is -2.61. The van der Waals surface area contributed by atoms with Crippen LogP contribution in [0.5, 0.6) is 0 Å². The summed E-state index contributed by atoms with van der Waals surface area (Å²) in [7, 11) is 1.50. The lowest BCUT2D eigenvalue weighted by molar-refractivity contribution is 0.0650. The molecule has 0 aliphatic carbocycles. The van der Waals surface area contributed by atoms with Gasteiger partial charge in [0.25, 0.3) is 0 Å². The molecule has 2 atom stereocenters. The Labute approximate surface area is 136 Å². The number of benzene rings is 1. The summed E-state index contributed by atoms with van der Waals surface area (Å²) in [5.41, 5.74) is 1.27. The van der Waals surface area contributed by atoms with Gasteiger partial charge in [-0.15, -0.1) is 15.3 Å². The van der Waals surface area contributed by atoms with Crippen molar-refractivity contribution in [3.63, 3.8) is 0 Å². The van der Waals surface area contributed by atoms with E-state index in [-0.39, 0.29) is 12.4 Å². The van der Waals surface area contributed by atoms with E-state index < -0.39 is 12.3 Å². The van der Waals surface area contributed by atoms with E-state index in [1.807, 2.05) is 4.90 Å². The molecule has 2 aromatic heterocycles. The topological polar surface area (TPSA) is 55.5 Å². The quantitative estimate of drug-likeness (QED) is 0.736. The van der Waals surface area contributed by atoms with Crippen LogP contribution < -0.4 is 4.90 Å². The van der Waals surface area contributed by atoms with Crippen molar-refractivity contribution in [3.8, 4) is 11.4 Å². The summed E-state index contributed by atoms with van der Waals surface area (Å²) < 4.78 is 33.7. The molecule has 4 rings (SSSR count). The van der Waals surface area contributed by atoms with Gasteiger partial charge in [0.05, 0.1) is 6.54 Å². The van der Waals surface area contributed by atoms with Crippen molar-refractivity contribution in [2.45, 2.75) is 12.3 Å². The number of alkyl halides is 1. The lowest BCUT2D eigenvalue weighted by atomic mass is 10.2. The van der Waals surface area contributed by atoms with Crippen molar-refractivity contribution in [2.75, 3.05) is 25.1 Å². The Bertz CT molecular complexity index is 867. The van der Waals surface area contributed by atoms with E-state index in [0.29, 0.717) is 29.4 Å². The van der Waals surface area contributed by atoms with Crippen LogP contribution in [0.4, 0.5) is 14.6 Å². The lowest BCUT2D eigenvalue weighted by Gasteiger charge is -2.16. The van der Waals surface area contributed by atoms with Gasteiger partial charge in [-0.25, -0.2) is 8.78 Å². The molecule has 1 aliphatic rings. The number of methoxy groups -OCH3 is 1. The van der Waals surface area contributed by atoms with Crippen LogP contribution in [0.25, 0.3) is 17.0 Å². The van der Waals surface area contributed by atoms with Gasteiger partial charge in [0, 0.05) is 19.2 Å². The van der Waals surface area contributed by atoms with Crippen molar-refractivity contribution in [1.82, 2.24) is 19.8 Å². The van der Waals surface area contributed by atoms with Crippen molar-refractivity contribution >= 4 is 11.5 Å². The molecule has 0 amide bonds. The second-order valence-corrected chi connectivity index (χ2v) is 5.69. The van der Waals surface area contributed by atoms with Crippen LogP contribution in [0.3, 0.4) is 0 Å². The molecular weight excluding hydrogens is 316 g/mol. The zero-order valence-electron chi connectivity index (χ0n) is 12.9. The van der Waals surface area contributed by atoms with Crippen molar-refractivity contribution in [2.24, 2.45) is 0 Å². The number of hydrogen-bond donors (Lipinski definition) is 0. The van der Waals surface area contributed by atoms with Crippen LogP contribution in [-0.4, -0.2) is 52.3 Å². The highest BCUT2D eigenvalue weighted by atomic mass is 19.1. The SMILES string of the molecule is CO[C@@H]1CN(c2ccc3nnc(-c4ccc(F)cc4)n3n2)C[C@H]1F. The zero-order valence-corrected chi connectivity index (χ0v) is 12.9. The standard InChI is InChI=1S/C16H15F2N5O/c1-24-13-9-22(8-12(13)18)15-7-6-14-19-20-16(23(14)21-15)10-2-4-11(17)5-3-10/h2-7,12-13H,8-9H2,1H3/t12-,13-/m1/s1. The molecule has 0 saturated carbocycles. The Morgan fingerprint density at radius 1 is 1.08 bits per heavy atom. The molecule has 3 aromatic rings. The predicted molar refractivity (Wildman–Crippen MR) is 84.1 cm³/mol. The van der Waals surface area contributed by atoms with Gasteiger partial charge >= 0.3 is 0 Å². The molecule has 1 aromatic carbocycles. The van der Waals surface area contributed by atoms with Crippen molar-refractivity contribution in [3.05, 3.63) is 42.2 Å². The molecule has 0 spiro atoms. The van der Waals surface area contributed by atoms with E-state index in [4.69, 9.17) is 4.74 Å². The predicted octanol–water partition coefficient (Wildman–Crippen LogP) is 2.10. The first-order valence-corrected chi connectivity index (χ1v) is 7.56. The number of nitrogens with zero attached hydrogens (tertiary/aromatic N) is 5. The smallest absolute Gasteiger partial charge is 0.185 e. The summed E-state index contributed by atoms with van der Waals surface area (Å²) in [4.78, 5) is 1.83. The van der Waals surface area contributed by atoms with Crippen LogP contribution in [0.15, 0.2) is 36.4 Å². The molecule has 1 aliphatic heterocycles. The van der Waals surface area contributed by atoms with E-state index in [9.17, 15) is 8.78 Å². The summed E-state index contributed by atoms with van der Waals surface area (Å²) in [5, 5.41) is 12.7. The first-order chi connectivity index (χ1) is 11.7. The van der Waals surface area contributed by atoms with Gasteiger partial charge in [0.1, 0.15) is 23.9 Å². The summed E-state index contributed by atoms with van der Waals surface area (Å²) >= 11 is 0. The molecule has 124 valence electrons. The summed E-state index contributed by atoms with van der Waals surface area (Å²) in [5.74, 6) is 0.803. The lowest BCUT2D eigenvalue weighted by Crippen LogP contribution is -2.24. The number of rotatable bonds is 3. The molecule has 8 heteroatoms. The largest absolute Gasteiger partial charge is 0.377 e. The third kappa shape index (κ3) is 2.48. The van der Waals surface area contributed by atoms with Gasteiger partial charge in [-0.2, -0.15) is 4.52 Å². The third-order valence-electron chi connectivity index (χ3n) is 4.18. The van der Waals surface area contributed by atoms with Gasteiger partial charge in [-0.1, -0.05) is 0 Å². The van der Waals surface area contributed by atoms with Gasteiger partial charge in [0.2, 0.25) is 0 Å². The monoisotopic (exact) mass is 331 g/mol. The zero-order chi connectivity index (χ0) is 16.7. The molecule has 0 radical (unpaired) electrons. The Morgan fingerprint density at radius 2 is 1.88 bits per heavy atom. The molecule has 3 heterocycles. The van der Waals surface area contributed by atoms with Crippen LogP contribution in [-0.2, 0) is 4.74 Å². The number of aromatic nitrogens is 4. The maximum Gasteiger partial charge on any atom is 0.185 e. The molecule has 24 heavy (non-hydrogen) atoms. The highest BCUT2D eigenvalue weighted by molar-refractivity contribution is 5.59. The highest BCUT2D eigenvalue weighted by Crippen LogP contribution is 2.24. The summed E-state index contributed by atoms with van der Waals surface area (Å²) in [6, 6.07) is 9.51. The first-order valence-electron chi connectivity index (χ1n) is 7.56. The Balaban J connectivity index is 1.72. The number of anilines is 1. The molecule has 0 bridgehead atoms. The minimum Gasteiger partial charge on any atom is -0.377 e. The molecule has 0 N–H and O–H groups in total. The second kappa shape index (κ2) is 5.79. The highest BCUT2D eigenvalue weighted by Gasteiger charge is 2.33. The minimum atomic E-state index is -1.05. The molecule has 6 nitrogen and oxygen atoms in total. The van der Waals surface area contributed by atoms with Crippen molar-refractivity contribution < 1.29 is 13.5 Å². The Kier molecular flexibility index (Phi) is 3.61. The minimum absolute atomic E-state index is 0.227. The van der Waals surface area contributed by atoms with E-state index in [1.165, 1.54) is 19.2 Å². The van der Waals surface area contributed by atoms with Crippen molar-refractivity contribution in [1.29, 1.82) is 0 Å². The maximum absolute atomic E-state index is 13.9. The first kappa shape index (κ1) is 14.9. The summed E-state index contributed by atoms with van der Waals surface area (Å²) in [6.45, 7) is 0.662. The third-order valence-corrected chi connectivity index (χ3v) is 4.18. The van der Waals surface area contributed by atoms with E-state index in [0.717, 1.165) is 0 Å². The van der Waals surface area contributed by atoms with Crippen LogP contribution in [0, 0.1) is 5.82 Å². The van der Waals surface area contributed by atoms with E-state index in [2.05, 4.69) is 15.3 Å². The van der Waals surface area contributed by atoms with Gasteiger partial charge in [-0.05, 0) is 36.4 Å². The fraction of sp³-hybridized carbons (Fsp3) is 0.312. The van der Waals surface area contributed by atoms with E-state index >= 15 is 0 Å². The average Bonchev–Trinajstić information content (AvgIpc) is 3.18. The van der Waals surface area contributed by atoms with Gasteiger partial charge in [-0.3, -0.25) is 0 Å². The maximum atomic E-state index is 13.9. The molecule has 1 saturated heterocycles. The second-order valence-electron chi connectivity index (χ2n) is 5.69. The average molecular weight is 331 g/mol. The van der Waals surface area contributed by atoms with Gasteiger partial charge in [0.15, 0.2) is 11.5 Å². The molecule has 1 fully saturated rings. The fourth-order valence-electron chi connectivity index (χ4n) is 2.87. The fourth-order valence-corrected chi connectivity index (χ4v) is 2.87. The van der Waals surface area contributed by atoms with Crippen LogP contribution in [0.1, 0.15) is 0 Å². The van der Waals surface area contributed by atoms with Crippen LogP contribution in [0.2, 0.25) is 0 Å².